The van der Waals surface area contributed by atoms with Gasteiger partial charge in [0.1, 0.15) is 6.61 Å². The summed E-state index contributed by atoms with van der Waals surface area (Å²) in [5.41, 5.74) is 1.07. The van der Waals surface area contributed by atoms with Gasteiger partial charge in [-0.2, -0.15) is 0 Å². The first-order chi connectivity index (χ1) is 11.0. The number of carbonyl (C=O) groups excluding carboxylic acids is 2. The molecule has 1 N–H and O–H groups in total. The Morgan fingerprint density at radius 3 is 2.78 bits per heavy atom. The maximum Gasteiger partial charge on any atom is 0.338 e. The normalized spacial score (nSPS) is 18.2. The van der Waals surface area contributed by atoms with Gasteiger partial charge in [-0.25, -0.2) is 9.59 Å². The van der Waals surface area contributed by atoms with Crippen LogP contribution in [0.15, 0.2) is 27.2 Å². The lowest BCUT2D eigenvalue weighted by molar-refractivity contribution is -0.140. The van der Waals surface area contributed by atoms with Gasteiger partial charge in [-0.1, -0.05) is 0 Å². The number of amides is 2. The van der Waals surface area contributed by atoms with E-state index in [2.05, 4.69) is 21.2 Å². The number of hydrogen-bond acceptors (Lipinski definition) is 5. The predicted molar refractivity (Wildman–Crippen MR) is 91.2 cm³/mol. The van der Waals surface area contributed by atoms with Gasteiger partial charge in [0.25, 0.3) is 0 Å². The van der Waals surface area contributed by atoms with Crippen molar-refractivity contribution >= 4 is 39.3 Å². The molecule has 1 aliphatic rings. The summed E-state index contributed by atoms with van der Waals surface area (Å²) in [5.74, 6) is -0.437. The molecule has 0 bridgehead atoms. The highest BCUT2D eigenvalue weighted by Gasteiger charge is 2.36. The van der Waals surface area contributed by atoms with Crippen LogP contribution in [-0.4, -0.2) is 43.8 Å². The van der Waals surface area contributed by atoms with Crippen LogP contribution in [0.5, 0.6) is 0 Å². The summed E-state index contributed by atoms with van der Waals surface area (Å²) >= 11 is 4.87. The fraction of sp³-hybridized carbons (Fsp3) is 0.467. The van der Waals surface area contributed by atoms with Gasteiger partial charge in [-0.05, 0) is 35.8 Å². The number of thiophene rings is 1. The molecule has 1 atom stereocenters. The summed E-state index contributed by atoms with van der Waals surface area (Å²) in [6.45, 7) is 4.61. The van der Waals surface area contributed by atoms with Crippen molar-refractivity contribution in [3.05, 3.63) is 32.1 Å². The quantitative estimate of drug-likeness (QED) is 0.586. The summed E-state index contributed by atoms with van der Waals surface area (Å²) in [4.78, 5) is 27.2. The minimum Gasteiger partial charge on any atom is -0.460 e. The van der Waals surface area contributed by atoms with Crippen LogP contribution in [0, 0.1) is 0 Å². The number of halogens is 1. The first kappa shape index (κ1) is 18.0. The maximum absolute atomic E-state index is 12.5. The number of esters is 1. The average Bonchev–Trinajstić information content (AvgIpc) is 2.93. The van der Waals surface area contributed by atoms with Gasteiger partial charge in [0.15, 0.2) is 0 Å². The zero-order valence-corrected chi connectivity index (χ0v) is 15.6. The highest BCUT2D eigenvalue weighted by atomic mass is 79.9. The van der Waals surface area contributed by atoms with E-state index in [0.29, 0.717) is 24.4 Å². The second kappa shape index (κ2) is 7.94. The number of nitrogens with one attached hydrogen (secondary N) is 1. The summed E-state index contributed by atoms with van der Waals surface area (Å²) in [6, 6.07) is 1.18. The van der Waals surface area contributed by atoms with Crippen molar-refractivity contribution in [3.63, 3.8) is 0 Å². The molecule has 0 radical (unpaired) electrons. The molecular formula is C15H19BrN2O4S. The average molecular weight is 403 g/mol. The molecular weight excluding hydrogens is 384 g/mol. The van der Waals surface area contributed by atoms with Gasteiger partial charge >= 0.3 is 12.0 Å². The lowest BCUT2D eigenvalue weighted by atomic mass is 10.0. The number of ether oxygens (including phenoxy) is 2. The number of urea groups is 1. The lowest BCUT2D eigenvalue weighted by Gasteiger charge is -2.34. The second-order valence-electron chi connectivity index (χ2n) is 4.92. The van der Waals surface area contributed by atoms with E-state index in [1.807, 2.05) is 18.4 Å². The van der Waals surface area contributed by atoms with Crippen molar-refractivity contribution in [1.82, 2.24) is 10.2 Å². The number of methoxy groups -OCH3 is 1. The Hall–Kier alpha value is -1.38. The first-order valence-corrected chi connectivity index (χ1v) is 8.85. The minimum atomic E-state index is -0.503. The van der Waals surface area contributed by atoms with E-state index in [-0.39, 0.29) is 12.6 Å². The predicted octanol–water partition coefficient (Wildman–Crippen LogP) is 3.06. The van der Waals surface area contributed by atoms with Crippen molar-refractivity contribution in [2.45, 2.75) is 19.9 Å². The standard InChI is InChI=1S/C15H19BrN2O4S/c1-4-18-9(2)12(14(19)22-6-5-21-3)13(17-15(18)20)11-7-10(16)8-23-11/h7-8,13H,4-6H2,1-3H3,(H,17,20)/t13-/m1/s1. The molecule has 0 aliphatic carbocycles. The Labute approximate surface area is 147 Å². The third kappa shape index (κ3) is 3.94. The van der Waals surface area contributed by atoms with E-state index >= 15 is 0 Å². The number of hydrogen-bond donors (Lipinski definition) is 1. The number of nitrogens with zero attached hydrogens (tertiary/aromatic N) is 1. The van der Waals surface area contributed by atoms with E-state index in [1.165, 1.54) is 16.2 Å². The topological polar surface area (TPSA) is 67.9 Å². The van der Waals surface area contributed by atoms with Gasteiger partial charge in [-0.15, -0.1) is 11.3 Å². The molecule has 1 aromatic rings. The second-order valence-corrected chi connectivity index (χ2v) is 6.78. The molecule has 23 heavy (non-hydrogen) atoms. The zero-order valence-electron chi connectivity index (χ0n) is 13.2. The van der Waals surface area contributed by atoms with E-state index in [9.17, 15) is 9.59 Å². The molecule has 0 fully saturated rings. The Balaban J connectivity index is 2.37. The molecule has 0 saturated heterocycles. The highest BCUT2D eigenvalue weighted by Crippen LogP contribution is 2.35. The minimum absolute atomic E-state index is 0.174. The fourth-order valence-electron chi connectivity index (χ4n) is 2.41. The maximum atomic E-state index is 12.5. The third-order valence-corrected chi connectivity index (χ3v) is 5.28. The Kier molecular flexibility index (Phi) is 6.20. The van der Waals surface area contributed by atoms with E-state index < -0.39 is 12.0 Å². The van der Waals surface area contributed by atoms with Gasteiger partial charge < -0.3 is 14.8 Å². The van der Waals surface area contributed by atoms with Crippen molar-refractivity contribution in [2.24, 2.45) is 0 Å². The van der Waals surface area contributed by atoms with Gasteiger partial charge in [0.05, 0.1) is 18.2 Å². The third-order valence-electron chi connectivity index (χ3n) is 3.53. The lowest BCUT2D eigenvalue weighted by Crippen LogP contribution is -2.47. The number of allylic oxidation sites excluding steroid dienone is 1. The summed E-state index contributed by atoms with van der Waals surface area (Å²) in [5, 5.41) is 4.80. The SMILES string of the molecule is CCN1C(=O)N[C@H](c2cc(Br)cs2)C(C(=O)OCCOC)=C1C. The molecule has 2 rings (SSSR count). The molecule has 8 heteroatoms. The van der Waals surface area contributed by atoms with Crippen LogP contribution in [0.3, 0.4) is 0 Å². The fourth-order valence-corrected chi connectivity index (χ4v) is 3.92. The van der Waals surface area contributed by atoms with Crippen molar-refractivity contribution in [3.8, 4) is 0 Å². The van der Waals surface area contributed by atoms with Crippen molar-refractivity contribution in [1.29, 1.82) is 0 Å². The van der Waals surface area contributed by atoms with E-state index in [4.69, 9.17) is 9.47 Å². The van der Waals surface area contributed by atoms with Crippen LogP contribution in [0.1, 0.15) is 24.8 Å². The van der Waals surface area contributed by atoms with Crippen LogP contribution >= 0.6 is 27.3 Å². The van der Waals surface area contributed by atoms with Crippen molar-refractivity contribution in [2.75, 3.05) is 26.9 Å². The van der Waals surface area contributed by atoms with E-state index in [1.54, 1.807) is 14.0 Å². The summed E-state index contributed by atoms with van der Waals surface area (Å²) < 4.78 is 11.1. The van der Waals surface area contributed by atoms with E-state index in [0.717, 1.165) is 9.35 Å². The Morgan fingerprint density at radius 2 is 2.22 bits per heavy atom. The number of rotatable bonds is 6. The van der Waals surface area contributed by atoms with Crippen LogP contribution in [0.25, 0.3) is 0 Å². The highest BCUT2D eigenvalue weighted by molar-refractivity contribution is 9.10. The summed E-state index contributed by atoms with van der Waals surface area (Å²) in [7, 11) is 1.55. The van der Waals surface area contributed by atoms with Crippen LogP contribution < -0.4 is 5.32 Å². The van der Waals surface area contributed by atoms with Crippen LogP contribution in [0.2, 0.25) is 0 Å². The van der Waals surface area contributed by atoms with Crippen LogP contribution in [0.4, 0.5) is 4.79 Å². The number of carbonyl (C=O) groups is 2. The van der Waals surface area contributed by atoms with Gasteiger partial charge in [-0.3, -0.25) is 4.90 Å². The molecule has 1 aromatic heterocycles. The van der Waals surface area contributed by atoms with Crippen molar-refractivity contribution < 1.29 is 19.1 Å². The molecule has 0 unspecified atom stereocenters. The van der Waals surface area contributed by atoms with Gasteiger partial charge in [0.2, 0.25) is 0 Å². The monoisotopic (exact) mass is 402 g/mol. The molecule has 0 spiro atoms. The molecule has 0 saturated carbocycles. The molecule has 2 heterocycles. The zero-order chi connectivity index (χ0) is 17.0. The molecule has 1 aliphatic heterocycles. The summed E-state index contributed by atoms with van der Waals surface area (Å²) in [6.07, 6.45) is 0. The smallest absolute Gasteiger partial charge is 0.338 e. The molecule has 2 amide bonds. The molecule has 0 aromatic carbocycles. The first-order valence-electron chi connectivity index (χ1n) is 7.18. The molecule has 6 nitrogen and oxygen atoms in total. The Bertz CT molecular complexity index is 629. The Morgan fingerprint density at radius 1 is 1.48 bits per heavy atom. The van der Waals surface area contributed by atoms with Gasteiger partial charge in [0, 0.05) is 34.1 Å². The largest absolute Gasteiger partial charge is 0.460 e. The van der Waals surface area contributed by atoms with Crippen LogP contribution in [-0.2, 0) is 14.3 Å². The molecule has 126 valence electrons.